The van der Waals surface area contributed by atoms with E-state index in [4.69, 9.17) is 0 Å². The van der Waals surface area contributed by atoms with Crippen LogP contribution >= 0.6 is 11.3 Å². The van der Waals surface area contributed by atoms with Gasteiger partial charge in [0.05, 0.1) is 16.2 Å². The molecule has 0 spiro atoms. The zero-order chi connectivity index (χ0) is 13.8. The molecule has 0 aliphatic rings. The topological polar surface area (TPSA) is 61.7 Å². The number of hydrogen-bond acceptors (Lipinski definition) is 4. The predicted molar refractivity (Wildman–Crippen MR) is 76.8 cm³/mol. The van der Waals surface area contributed by atoms with Crippen LogP contribution in [0.5, 0.6) is 5.75 Å². The predicted octanol–water partition coefficient (Wildman–Crippen LogP) is 2.92. The summed E-state index contributed by atoms with van der Waals surface area (Å²) in [6, 6.07) is 10.3. The smallest absolute Gasteiger partial charge is 0.275 e. The van der Waals surface area contributed by atoms with Crippen molar-refractivity contribution in [3.8, 4) is 5.75 Å². The fourth-order valence-corrected chi connectivity index (χ4v) is 2.36. The maximum atomic E-state index is 11.8. The molecule has 0 saturated carbocycles. The number of thiophene rings is 1. The van der Waals surface area contributed by atoms with Crippen LogP contribution in [0, 0.1) is 6.92 Å². The monoisotopic (exact) mass is 274 g/mol. The summed E-state index contributed by atoms with van der Waals surface area (Å²) in [5, 5.41) is 13.6. The van der Waals surface area contributed by atoms with Crippen LogP contribution in [0.1, 0.15) is 27.0 Å². The second-order valence-electron chi connectivity index (χ2n) is 4.07. The molecule has 0 aliphatic carbocycles. The zero-order valence-corrected chi connectivity index (χ0v) is 11.5. The third-order valence-corrected chi connectivity index (χ3v) is 3.68. The van der Waals surface area contributed by atoms with Crippen LogP contribution in [0.15, 0.2) is 41.5 Å². The molecule has 19 heavy (non-hydrogen) atoms. The van der Waals surface area contributed by atoms with Gasteiger partial charge in [-0.1, -0.05) is 12.1 Å². The standard InChI is InChI=1S/C14H14N2O2S/c1-9-7-8-13(19-9)10(2)15-16-14(18)11-5-3-4-6-12(11)17/h3-8,17H,1-2H3,(H,16,18)/b15-10+. The summed E-state index contributed by atoms with van der Waals surface area (Å²) >= 11 is 1.61. The maximum Gasteiger partial charge on any atom is 0.275 e. The van der Waals surface area contributed by atoms with E-state index in [1.165, 1.54) is 10.9 Å². The summed E-state index contributed by atoms with van der Waals surface area (Å²) < 4.78 is 0. The van der Waals surface area contributed by atoms with Crippen molar-refractivity contribution in [1.82, 2.24) is 5.43 Å². The van der Waals surface area contributed by atoms with E-state index in [2.05, 4.69) is 10.5 Å². The quantitative estimate of drug-likeness (QED) is 0.667. The van der Waals surface area contributed by atoms with Crippen LogP contribution < -0.4 is 5.43 Å². The number of phenols is 1. The number of nitrogens with one attached hydrogen (secondary N) is 1. The van der Waals surface area contributed by atoms with E-state index in [9.17, 15) is 9.90 Å². The highest BCUT2D eigenvalue weighted by atomic mass is 32.1. The van der Waals surface area contributed by atoms with E-state index in [0.717, 1.165) is 10.6 Å². The van der Waals surface area contributed by atoms with Gasteiger partial charge in [0.1, 0.15) is 5.75 Å². The molecule has 5 heteroatoms. The number of amides is 1. The van der Waals surface area contributed by atoms with Gasteiger partial charge in [-0.2, -0.15) is 5.10 Å². The van der Waals surface area contributed by atoms with Crippen molar-refractivity contribution in [2.24, 2.45) is 5.10 Å². The van der Waals surface area contributed by atoms with E-state index in [1.54, 1.807) is 29.5 Å². The molecule has 1 aromatic carbocycles. The molecule has 0 aliphatic heterocycles. The molecule has 0 bridgehead atoms. The fraction of sp³-hybridized carbons (Fsp3) is 0.143. The average molecular weight is 274 g/mol. The Balaban J connectivity index is 2.10. The van der Waals surface area contributed by atoms with E-state index < -0.39 is 5.91 Å². The number of aromatic hydroxyl groups is 1. The molecular weight excluding hydrogens is 260 g/mol. The number of nitrogens with zero attached hydrogens (tertiary/aromatic N) is 1. The van der Waals surface area contributed by atoms with Crippen molar-refractivity contribution >= 4 is 23.0 Å². The van der Waals surface area contributed by atoms with Gasteiger partial charge in [-0.25, -0.2) is 5.43 Å². The van der Waals surface area contributed by atoms with Gasteiger partial charge >= 0.3 is 0 Å². The number of rotatable bonds is 3. The van der Waals surface area contributed by atoms with Crippen LogP contribution in [0.4, 0.5) is 0 Å². The number of benzene rings is 1. The molecule has 0 fully saturated rings. The highest BCUT2D eigenvalue weighted by Crippen LogP contribution is 2.17. The molecule has 4 nitrogen and oxygen atoms in total. The highest BCUT2D eigenvalue weighted by molar-refractivity contribution is 7.14. The third-order valence-electron chi connectivity index (χ3n) is 2.57. The van der Waals surface area contributed by atoms with Crippen molar-refractivity contribution in [2.45, 2.75) is 13.8 Å². The van der Waals surface area contributed by atoms with Gasteiger partial charge in [0, 0.05) is 4.88 Å². The summed E-state index contributed by atoms with van der Waals surface area (Å²) in [6.45, 7) is 3.85. The van der Waals surface area contributed by atoms with E-state index >= 15 is 0 Å². The Hall–Kier alpha value is -2.14. The molecule has 1 amide bonds. The number of hydrogen-bond donors (Lipinski definition) is 2. The van der Waals surface area contributed by atoms with Gasteiger partial charge in [-0.3, -0.25) is 4.79 Å². The first kappa shape index (κ1) is 13.3. The molecule has 2 N–H and O–H groups in total. The number of hydrazone groups is 1. The zero-order valence-electron chi connectivity index (χ0n) is 10.7. The Bertz CT molecular complexity index is 632. The molecule has 98 valence electrons. The van der Waals surface area contributed by atoms with Gasteiger partial charge < -0.3 is 5.11 Å². The van der Waals surface area contributed by atoms with E-state index in [-0.39, 0.29) is 11.3 Å². The number of carbonyl (C=O) groups is 1. The van der Waals surface area contributed by atoms with Crippen molar-refractivity contribution < 1.29 is 9.90 Å². The second-order valence-corrected chi connectivity index (χ2v) is 5.35. The lowest BCUT2D eigenvalue weighted by Crippen LogP contribution is -2.19. The lowest BCUT2D eigenvalue weighted by atomic mass is 10.2. The number of phenolic OH excluding ortho intramolecular Hbond substituents is 1. The van der Waals surface area contributed by atoms with Crippen LogP contribution in [-0.4, -0.2) is 16.7 Å². The number of aryl methyl sites for hydroxylation is 1. The van der Waals surface area contributed by atoms with Crippen LogP contribution in [0.25, 0.3) is 0 Å². The summed E-state index contributed by atoms with van der Waals surface area (Å²) in [5.41, 5.74) is 3.39. The molecule has 2 rings (SSSR count). The second kappa shape index (κ2) is 5.67. The number of carbonyl (C=O) groups excluding carboxylic acids is 1. The Kier molecular flexibility index (Phi) is 3.97. The molecule has 2 aromatic rings. The SMILES string of the molecule is C/C(=N\NC(=O)c1ccccc1O)c1ccc(C)s1. The van der Waals surface area contributed by atoms with Crippen molar-refractivity contribution in [3.63, 3.8) is 0 Å². The molecular formula is C14H14N2O2S. The first-order valence-corrected chi connectivity index (χ1v) is 6.59. The van der Waals surface area contributed by atoms with Gasteiger partial charge in [0.15, 0.2) is 0 Å². The lowest BCUT2D eigenvalue weighted by Gasteiger charge is -2.03. The van der Waals surface area contributed by atoms with Gasteiger partial charge in [-0.05, 0) is 38.1 Å². The first-order valence-electron chi connectivity index (χ1n) is 5.77. The summed E-state index contributed by atoms with van der Waals surface area (Å²) in [7, 11) is 0. The number of para-hydroxylation sites is 1. The summed E-state index contributed by atoms with van der Waals surface area (Å²) in [4.78, 5) is 14.0. The Morgan fingerprint density at radius 1 is 1.26 bits per heavy atom. The van der Waals surface area contributed by atoms with Crippen LogP contribution in [-0.2, 0) is 0 Å². The minimum Gasteiger partial charge on any atom is -0.507 e. The average Bonchev–Trinajstić information content (AvgIpc) is 2.83. The maximum absolute atomic E-state index is 11.8. The highest BCUT2D eigenvalue weighted by Gasteiger charge is 2.09. The van der Waals surface area contributed by atoms with Gasteiger partial charge in [-0.15, -0.1) is 11.3 Å². The summed E-state index contributed by atoms with van der Waals surface area (Å²) in [5.74, 6) is -0.481. The van der Waals surface area contributed by atoms with Crippen LogP contribution in [0.3, 0.4) is 0 Å². The fourth-order valence-electron chi connectivity index (χ4n) is 1.54. The van der Waals surface area contributed by atoms with E-state index in [1.807, 2.05) is 26.0 Å². The minimum atomic E-state index is -0.425. The van der Waals surface area contributed by atoms with Crippen LogP contribution in [0.2, 0.25) is 0 Å². The Morgan fingerprint density at radius 2 is 2.00 bits per heavy atom. The Labute approximate surface area is 115 Å². The Morgan fingerprint density at radius 3 is 2.63 bits per heavy atom. The molecule has 0 unspecified atom stereocenters. The molecule has 0 saturated heterocycles. The molecule has 1 heterocycles. The summed E-state index contributed by atoms with van der Waals surface area (Å²) in [6.07, 6.45) is 0. The van der Waals surface area contributed by atoms with Crippen molar-refractivity contribution in [2.75, 3.05) is 0 Å². The largest absolute Gasteiger partial charge is 0.507 e. The van der Waals surface area contributed by atoms with E-state index in [0.29, 0.717) is 0 Å². The van der Waals surface area contributed by atoms with Gasteiger partial charge in [0.25, 0.3) is 5.91 Å². The third kappa shape index (κ3) is 3.20. The van der Waals surface area contributed by atoms with Crippen molar-refractivity contribution in [3.05, 3.63) is 51.7 Å². The normalized spacial score (nSPS) is 11.4. The van der Waals surface area contributed by atoms with Crippen molar-refractivity contribution in [1.29, 1.82) is 0 Å². The molecule has 1 aromatic heterocycles. The minimum absolute atomic E-state index is 0.0557. The molecule has 0 atom stereocenters. The lowest BCUT2D eigenvalue weighted by molar-refractivity contribution is 0.0952. The molecule has 0 radical (unpaired) electrons. The van der Waals surface area contributed by atoms with Gasteiger partial charge in [0.2, 0.25) is 0 Å². The first-order chi connectivity index (χ1) is 9.08.